The SMILES string of the molecule is CCCCCCCOc1nc(NN)nc2sccc12. The average Bonchev–Trinajstić information content (AvgIpc) is 2.90. The molecule has 0 aliphatic rings. The highest BCUT2D eigenvalue weighted by Gasteiger charge is 2.09. The highest BCUT2D eigenvalue weighted by atomic mass is 32.1. The van der Waals surface area contributed by atoms with Crippen LogP contribution in [0.5, 0.6) is 5.88 Å². The summed E-state index contributed by atoms with van der Waals surface area (Å²) in [7, 11) is 0. The van der Waals surface area contributed by atoms with Crippen LogP contribution >= 0.6 is 11.3 Å². The van der Waals surface area contributed by atoms with Crippen LogP contribution in [0.4, 0.5) is 5.95 Å². The molecule has 0 spiro atoms. The summed E-state index contributed by atoms with van der Waals surface area (Å²) in [6.07, 6.45) is 6.08. The number of nitrogens with two attached hydrogens (primary N) is 1. The number of anilines is 1. The normalized spacial score (nSPS) is 10.8. The molecular formula is C13H20N4OS. The Bertz CT molecular complexity index is 514. The van der Waals surface area contributed by atoms with Crippen LogP contribution in [0.1, 0.15) is 39.0 Å². The topological polar surface area (TPSA) is 73.1 Å². The van der Waals surface area contributed by atoms with Crippen LogP contribution in [0.3, 0.4) is 0 Å². The van der Waals surface area contributed by atoms with Crippen molar-refractivity contribution in [2.45, 2.75) is 39.0 Å². The van der Waals surface area contributed by atoms with Crippen molar-refractivity contribution in [3.8, 4) is 5.88 Å². The molecule has 104 valence electrons. The fourth-order valence-corrected chi connectivity index (χ4v) is 2.63. The second-order valence-corrected chi connectivity index (χ2v) is 5.29. The minimum absolute atomic E-state index is 0.399. The van der Waals surface area contributed by atoms with Crippen molar-refractivity contribution in [2.24, 2.45) is 5.84 Å². The monoisotopic (exact) mass is 280 g/mol. The zero-order valence-electron chi connectivity index (χ0n) is 11.2. The van der Waals surface area contributed by atoms with E-state index < -0.39 is 0 Å². The van der Waals surface area contributed by atoms with Crippen LogP contribution in [0, 0.1) is 0 Å². The number of unbranched alkanes of at least 4 members (excludes halogenated alkanes) is 4. The Morgan fingerprint density at radius 3 is 2.89 bits per heavy atom. The lowest BCUT2D eigenvalue weighted by atomic mass is 10.2. The highest BCUT2D eigenvalue weighted by Crippen LogP contribution is 2.28. The summed E-state index contributed by atoms with van der Waals surface area (Å²) in [4.78, 5) is 9.43. The average molecular weight is 280 g/mol. The van der Waals surface area contributed by atoms with E-state index in [1.165, 1.54) is 25.7 Å². The second-order valence-electron chi connectivity index (χ2n) is 4.40. The van der Waals surface area contributed by atoms with E-state index in [1.807, 2.05) is 11.4 Å². The predicted molar refractivity (Wildman–Crippen MR) is 79.5 cm³/mol. The molecule has 2 rings (SSSR count). The first-order valence-corrected chi connectivity index (χ1v) is 7.57. The molecule has 0 aromatic carbocycles. The van der Waals surface area contributed by atoms with E-state index in [-0.39, 0.29) is 0 Å². The van der Waals surface area contributed by atoms with Gasteiger partial charge in [-0.1, -0.05) is 32.6 Å². The third kappa shape index (κ3) is 3.78. The molecule has 0 aliphatic heterocycles. The van der Waals surface area contributed by atoms with Gasteiger partial charge in [0, 0.05) is 0 Å². The Labute approximate surface area is 117 Å². The number of nitrogens with one attached hydrogen (secondary N) is 1. The molecule has 6 heteroatoms. The lowest BCUT2D eigenvalue weighted by Crippen LogP contribution is -2.11. The molecule has 0 fully saturated rings. The van der Waals surface area contributed by atoms with Crippen molar-refractivity contribution in [2.75, 3.05) is 12.0 Å². The molecule has 0 aliphatic carbocycles. The van der Waals surface area contributed by atoms with E-state index in [1.54, 1.807) is 11.3 Å². The third-order valence-corrected chi connectivity index (χ3v) is 3.71. The zero-order valence-corrected chi connectivity index (χ0v) is 12.0. The number of aromatic nitrogens is 2. The summed E-state index contributed by atoms with van der Waals surface area (Å²) >= 11 is 1.55. The van der Waals surface area contributed by atoms with Crippen LogP contribution in [0.2, 0.25) is 0 Å². The second kappa shape index (κ2) is 7.25. The zero-order chi connectivity index (χ0) is 13.5. The van der Waals surface area contributed by atoms with Gasteiger partial charge >= 0.3 is 0 Å². The molecule has 2 aromatic heterocycles. The van der Waals surface area contributed by atoms with Gasteiger partial charge in [-0.2, -0.15) is 4.98 Å². The van der Waals surface area contributed by atoms with E-state index in [9.17, 15) is 0 Å². The van der Waals surface area contributed by atoms with E-state index in [0.29, 0.717) is 18.4 Å². The Morgan fingerprint density at radius 1 is 1.26 bits per heavy atom. The van der Waals surface area contributed by atoms with Gasteiger partial charge < -0.3 is 4.74 Å². The molecule has 2 heterocycles. The van der Waals surface area contributed by atoms with Crippen LogP contribution in [0.25, 0.3) is 10.2 Å². The third-order valence-electron chi connectivity index (χ3n) is 2.91. The fraction of sp³-hybridized carbons (Fsp3) is 0.538. The maximum Gasteiger partial charge on any atom is 0.241 e. The van der Waals surface area contributed by atoms with Crippen LogP contribution < -0.4 is 16.0 Å². The summed E-state index contributed by atoms with van der Waals surface area (Å²) in [6, 6.07) is 1.98. The smallest absolute Gasteiger partial charge is 0.241 e. The minimum atomic E-state index is 0.399. The van der Waals surface area contributed by atoms with Crippen molar-refractivity contribution < 1.29 is 4.74 Å². The lowest BCUT2D eigenvalue weighted by molar-refractivity contribution is 0.297. The van der Waals surface area contributed by atoms with Crippen molar-refractivity contribution in [3.05, 3.63) is 11.4 Å². The number of hydrogen-bond acceptors (Lipinski definition) is 6. The molecule has 0 amide bonds. The maximum atomic E-state index is 5.76. The van der Waals surface area contributed by atoms with E-state index >= 15 is 0 Å². The number of rotatable bonds is 8. The molecule has 0 atom stereocenters. The lowest BCUT2D eigenvalue weighted by Gasteiger charge is -2.07. The first kappa shape index (κ1) is 14.0. The van der Waals surface area contributed by atoms with Gasteiger partial charge in [0.2, 0.25) is 11.8 Å². The van der Waals surface area contributed by atoms with Gasteiger partial charge in [-0.05, 0) is 17.9 Å². The quantitative estimate of drug-likeness (QED) is 0.441. The summed E-state index contributed by atoms with van der Waals surface area (Å²) in [5, 5.41) is 2.94. The maximum absolute atomic E-state index is 5.76. The summed E-state index contributed by atoms with van der Waals surface area (Å²) in [5.41, 5.74) is 2.47. The van der Waals surface area contributed by atoms with Gasteiger partial charge in [-0.3, -0.25) is 5.43 Å². The predicted octanol–water partition coefficient (Wildman–Crippen LogP) is 3.33. The van der Waals surface area contributed by atoms with Crippen molar-refractivity contribution in [1.82, 2.24) is 9.97 Å². The summed E-state index contributed by atoms with van der Waals surface area (Å²) in [5.74, 6) is 6.38. The van der Waals surface area contributed by atoms with Crippen molar-refractivity contribution >= 4 is 27.5 Å². The fourth-order valence-electron chi connectivity index (χ4n) is 1.88. The van der Waals surface area contributed by atoms with Gasteiger partial charge in [0.25, 0.3) is 0 Å². The number of fused-ring (bicyclic) bond motifs is 1. The summed E-state index contributed by atoms with van der Waals surface area (Å²) < 4.78 is 5.76. The number of nitrogen functional groups attached to an aromatic ring is 1. The molecule has 0 unspecified atom stereocenters. The van der Waals surface area contributed by atoms with E-state index in [0.717, 1.165) is 16.6 Å². The standard InChI is InChI=1S/C13H20N4OS/c1-2-3-4-5-6-8-18-11-10-7-9-19-12(10)16-13(15-11)17-14/h7,9H,2-6,8,14H2,1H3,(H,15,16,17). The van der Waals surface area contributed by atoms with E-state index in [2.05, 4.69) is 22.3 Å². The highest BCUT2D eigenvalue weighted by molar-refractivity contribution is 7.16. The Balaban J connectivity index is 1.93. The van der Waals surface area contributed by atoms with Crippen LogP contribution in [-0.2, 0) is 0 Å². The van der Waals surface area contributed by atoms with Crippen LogP contribution in [-0.4, -0.2) is 16.6 Å². The van der Waals surface area contributed by atoms with Gasteiger partial charge in [0.1, 0.15) is 4.83 Å². The number of nitrogens with zero attached hydrogens (tertiary/aromatic N) is 2. The molecule has 0 radical (unpaired) electrons. The largest absolute Gasteiger partial charge is 0.477 e. The van der Waals surface area contributed by atoms with Gasteiger partial charge in [0.05, 0.1) is 12.0 Å². The van der Waals surface area contributed by atoms with Crippen molar-refractivity contribution in [3.63, 3.8) is 0 Å². The Morgan fingerprint density at radius 2 is 2.11 bits per heavy atom. The molecule has 19 heavy (non-hydrogen) atoms. The van der Waals surface area contributed by atoms with Gasteiger partial charge in [0.15, 0.2) is 0 Å². The van der Waals surface area contributed by atoms with Crippen LogP contribution in [0.15, 0.2) is 11.4 Å². The van der Waals surface area contributed by atoms with Gasteiger partial charge in [-0.15, -0.1) is 11.3 Å². The molecule has 5 nitrogen and oxygen atoms in total. The Hall–Kier alpha value is -1.40. The molecule has 2 aromatic rings. The summed E-state index contributed by atoms with van der Waals surface area (Å²) in [6.45, 7) is 2.90. The molecular weight excluding hydrogens is 260 g/mol. The number of ether oxygens (including phenoxy) is 1. The van der Waals surface area contributed by atoms with Crippen molar-refractivity contribution in [1.29, 1.82) is 0 Å². The minimum Gasteiger partial charge on any atom is -0.477 e. The van der Waals surface area contributed by atoms with E-state index in [4.69, 9.17) is 10.6 Å². The molecule has 0 saturated carbocycles. The number of hydrazine groups is 1. The Kier molecular flexibility index (Phi) is 5.35. The van der Waals surface area contributed by atoms with Gasteiger partial charge in [-0.25, -0.2) is 10.8 Å². The first-order valence-electron chi connectivity index (χ1n) is 6.69. The number of thiophene rings is 1. The molecule has 0 saturated heterocycles. The number of hydrogen-bond donors (Lipinski definition) is 2. The molecule has 0 bridgehead atoms. The molecule has 3 N–H and O–H groups in total. The first-order chi connectivity index (χ1) is 9.35.